The van der Waals surface area contributed by atoms with Crippen LogP contribution in [0.1, 0.15) is 21.5 Å². The quantitative estimate of drug-likeness (QED) is 0.581. The molecule has 84 valence electrons. The third-order valence-corrected chi connectivity index (χ3v) is 2.60. The Hall–Kier alpha value is -1.86. The van der Waals surface area contributed by atoms with Crippen molar-refractivity contribution in [1.29, 1.82) is 0 Å². The van der Waals surface area contributed by atoms with Crippen LogP contribution in [-0.4, -0.2) is 5.24 Å². The predicted molar refractivity (Wildman–Crippen MR) is 72.0 cm³/mol. The van der Waals surface area contributed by atoms with E-state index in [1.54, 1.807) is 12.1 Å². The lowest BCUT2D eigenvalue weighted by Crippen LogP contribution is -1.87. The van der Waals surface area contributed by atoms with E-state index < -0.39 is 5.24 Å². The molecule has 0 aromatic heterocycles. The number of halogens is 1. The summed E-state index contributed by atoms with van der Waals surface area (Å²) in [5, 5.41) is -0.431. The second kappa shape index (κ2) is 5.46. The molecule has 0 unspecified atom stereocenters. The molecule has 0 spiro atoms. The van der Waals surface area contributed by atoms with Crippen molar-refractivity contribution in [3.8, 4) is 0 Å². The largest absolute Gasteiger partial charge is 0.276 e. The van der Waals surface area contributed by atoms with E-state index in [1.807, 2.05) is 54.6 Å². The summed E-state index contributed by atoms with van der Waals surface area (Å²) in [6, 6.07) is 17.2. The lowest BCUT2D eigenvalue weighted by atomic mass is 10.1. The number of hydrogen-bond donors (Lipinski definition) is 0. The van der Waals surface area contributed by atoms with Crippen LogP contribution in [0.15, 0.2) is 54.6 Å². The molecule has 0 radical (unpaired) electrons. The molecule has 2 aromatic carbocycles. The highest BCUT2D eigenvalue weighted by Crippen LogP contribution is 2.11. The van der Waals surface area contributed by atoms with Gasteiger partial charge in [-0.2, -0.15) is 0 Å². The van der Waals surface area contributed by atoms with E-state index in [0.29, 0.717) is 5.56 Å². The second-order valence-electron chi connectivity index (χ2n) is 3.64. The van der Waals surface area contributed by atoms with Gasteiger partial charge in [-0.3, -0.25) is 4.79 Å². The maximum absolute atomic E-state index is 11.0. The zero-order valence-electron chi connectivity index (χ0n) is 9.14. The zero-order chi connectivity index (χ0) is 12.1. The maximum atomic E-state index is 11.0. The normalized spacial score (nSPS) is 10.6. The van der Waals surface area contributed by atoms with Crippen LogP contribution in [0.3, 0.4) is 0 Å². The fourth-order valence-electron chi connectivity index (χ4n) is 1.52. The maximum Gasteiger partial charge on any atom is 0.252 e. The Kier molecular flexibility index (Phi) is 3.73. The lowest BCUT2D eigenvalue weighted by molar-refractivity contribution is 0.108. The van der Waals surface area contributed by atoms with Gasteiger partial charge < -0.3 is 0 Å². The second-order valence-corrected chi connectivity index (χ2v) is 3.99. The van der Waals surface area contributed by atoms with Gasteiger partial charge in [0.25, 0.3) is 5.24 Å². The molecule has 17 heavy (non-hydrogen) atoms. The number of benzene rings is 2. The molecule has 0 aliphatic heterocycles. The van der Waals surface area contributed by atoms with Crippen molar-refractivity contribution >= 4 is 29.0 Å². The van der Waals surface area contributed by atoms with Crippen LogP contribution in [0.5, 0.6) is 0 Å². The van der Waals surface area contributed by atoms with Gasteiger partial charge in [0.1, 0.15) is 0 Å². The van der Waals surface area contributed by atoms with Gasteiger partial charge in [0.05, 0.1) is 0 Å². The van der Waals surface area contributed by atoms with Crippen molar-refractivity contribution < 1.29 is 4.79 Å². The first-order chi connectivity index (χ1) is 8.25. The van der Waals surface area contributed by atoms with Crippen molar-refractivity contribution in [2.24, 2.45) is 0 Å². The number of hydrogen-bond acceptors (Lipinski definition) is 1. The minimum absolute atomic E-state index is 0.431. The van der Waals surface area contributed by atoms with E-state index in [9.17, 15) is 4.79 Å². The summed E-state index contributed by atoms with van der Waals surface area (Å²) >= 11 is 5.43. The standard InChI is InChI=1S/C15H11ClO/c16-15(17)14-8-4-7-13(11-14)10-9-12-5-2-1-3-6-12/h1-11H. The SMILES string of the molecule is O=C(Cl)c1cccc(C=Cc2ccccc2)c1. The summed E-state index contributed by atoms with van der Waals surface area (Å²) in [5.74, 6) is 0. The highest BCUT2D eigenvalue weighted by molar-refractivity contribution is 6.67. The van der Waals surface area contributed by atoms with E-state index in [1.165, 1.54) is 0 Å². The van der Waals surface area contributed by atoms with E-state index in [-0.39, 0.29) is 0 Å². The molecule has 1 nitrogen and oxygen atoms in total. The van der Waals surface area contributed by atoms with Crippen LogP contribution in [0.4, 0.5) is 0 Å². The van der Waals surface area contributed by atoms with Crippen molar-refractivity contribution in [3.63, 3.8) is 0 Å². The molecule has 0 atom stereocenters. The first-order valence-corrected chi connectivity index (χ1v) is 5.66. The van der Waals surface area contributed by atoms with E-state index in [0.717, 1.165) is 11.1 Å². The Morgan fingerprint density at radius 2 is 1.53 bits per heavy atom. The highest BCUT2D eigenvalue weighted by Gasteiger charge is 2.00. The topological polar surface area (TPSA) is 17.1 Å². The molecule has 2 heteroatoms. The Morgan fingerprint density at radius 3 is 2.24 bits per heavy atom. The molecule has 0 aliphatic rings. The summed E-state index contributed by atoms with van der Waals surface area (Å²) in [5.41, 5.74) is 2.59. The molecule has 2 rings (SSSR count). The zero-order valence-corrected chi connectivity index (χ0v) is 9.89. The minimum atomic E-state index is -0.431. The predicted octanol–water partition coefficient (Wildman–Crippen LogP) is 4.24. The van der Waals surface area contributed by atoms with Gasteiger partial charge in [0, 0.05) is 5.56 Å². The van der Waals surface area contributed by atoms with Crippen molar-refractivity contribution in [2.75, 3.05) is 0 Å². The molecule has 0 amide bonds. The number of rotatable bonds is 3. The van der Waals surface area contributed by atoms with E-state index in [4.69, 9.17) is 11.6 Å². The summed E-state index contributed by atoms with van der Waals surface area (Å²) < 4.78 is 0. The molecule has 0 heterocycles. The van der Waals surface area contributed by atoms with E-state index in [2.05, 4.69) is 0 Å². The van der Waals surface area contributed by atoms with Crippen LogP contribution in [-0.2, 0) is 0 Å². The fourth-order valence-corrected chi connectivity index (χ4v) is 1.64. The number of carbonyl (C=O) groups is 1. The van der Waals surface area contributed by atoms with Gasteiger partial charge in [-0.25, -0.2) is 0 Å². The van der Waals surface area contributed by atoms with Gasteiger partial charge in [0.15, 0.2) is 0 Å². The van der Waals surface area contributed by atoms with Crippen molar-refractivity contribution in [2.45, 2.75) is 0 Å². The van der Waals surface area contributed by atoms with Gasteiger partial charge in [-0.15, -0.1) is 0 Å². The summed E-state index contributed by atoms with van der Waals surface area (Å²) in [7, 11) is 0. The molecule has 0 saturated heterocycles. The van der Waals surface area contributed by atoms with Crippen LogP contribution >= 0.6 is 11.6 Å². The molecule has 0 aliphatic carbocycles. The van der Waals surface area contributed by atoms with Crippen LogP contribution in [0, 0.1) is 0 Å². The summed E-state index contributed by atoms with van der Waals surface area (Å²) in [6.45, 7) is 0. The van der Waals surface area contributed by atoms with Crippen molar-refractivity contribution in [3.05, 3.63) is 71.3 Å². The number of carbonyl (C=O) groups excluding carboxylic acids is 1. The third kappa shape index (κ3) is 3.30. The average Bonchev–Trinajstić information content (AvgIpc) is 2.38. The van der Waals surface area contributed by atoms with Crippen LogP contribution < -0.4 is 0 Å². The van der Waals surface area contributed by atoms with Gasteiger partial charge in [-0.1, -0.05) is 60.7 Å². The van der Waals surface area contributed by atoms with Crippen LogP contribution in [0.2, 0.25) is 0 Å². The molecular weight excluding hydrogens is 232 g/mol. The Balaban J connectivity index is 2.22. The van der Waals surface area contributed by atoms with Crippen molar-refractivity contribution in [1.82, 2.24) is 0 Å². The first-order valence-electron chi connectivity index (χ1n) is 5.29. The van der Waals surface area contributed by atoms with Gasteiger partial charge in [0.2, 0.25) is 0 Å². The average molecular weight is 243 g/mol. The highest BCUT2D eigenvalue weighted by atomic mass is 35.5. The molecular formula is C15H11ClO. The first kappa shape index (κ1) is 11.6. The Morgan fingerprint density at radius 1 is 0.882 bits per heavy atom. The summed E-state index contributed by atoms with van der Waals surface area (Å²) in [6.07, 6.45) is 3.95. The smallest absolute Gasteiger partial charge is 0.252 e. The molecule has 0 bridgehead atoms. The van der Waals surface area contributed by atoms with Crippen LogP contribution in [0.25, 0.3) is 12.2 Å². The van der Waals surface area contributed by atoms with Gasteiger partial charge >= 0.3 is 0 Å². The third-order valence-electron chi connectivity index (χ3n) is 2.38. The molecule has 0 N–H and O–H groups in total. The monoisotopic (exact) mass is 242 g/mol. The van der Waals surface area contributed by atoms with Gasteiger partial charge in [-0.05, 0) is 28.8 Å². The molecule has 0 fully saturated rings. The van der Waals surface area contributed by atoms with E-state index >= 15 is 0 Å². The molecule has 2 aromatic rings. The minimum Gasteiger partial charge on any atom is -0.276 e. The fraction of sp³-hybridized carbons (Fsp3) is 0. The lowest BCUT2D eigenvalue weighted by Gasteiger charge is -1.97. The Bertz CT molecular complexity index is 544. The summed E-state index contributed by atoms with van der Waals surface area (Å²) in [4.78, 5) is 11.0. The Labute approximate surface area is 105 Å². The molecule has 0 saturated carbocycles.